The highest BCUT2D eigenvalue weighted by molar-refractivity contribution is 5.77. The lowest BCUT2D eigenvalue weighted by molar-refractivity contribution is -0.123. The highest BCUT2D eigenvalue weighted by Gasteiger charge is 2.12. The van der Waals surface area contributed by atoms with Crippen LogP contribution in [-0.4, -0.2) is 36.3 Å². The second-order valence-electron chi connectivity index (χ2n) is 7.05. The number of nitrogens with zero attached hydrogens (tertiary/aromatic N) is 2. The summed E-state index contributed by atoms with van der Waals surface area (Å²) < 4.78 is 16.2. The van der Waals surface area contributed by atoms with Crippen molar-refractivity contribution in [2.45, 2.75) is 6.42 Å². The zero-order chi connectivity index (χ0) is 22.2. The maximum atomic E-state index is 12.1. The molecule has 0 aliphatic rings. The Morgan fingerprint density at radius 1 is 0.938 bits per heavy atom. The van der Waals surface area contributed by atoms with E-state index in [4.69, 9.17) is 14.0 Å². The minimum atomic E-state index is -0.175. The van der Waals surface area contributed by atoms with E-state index in [-0.39, 0.29) is 12.5 Å². The number of aromatic nitrogens is 2. The van der Waals surface area contributed by atoms with Crippen LogP contribution in [0.2, 0.25) is 0 Å². The Morgan fingerprint density at radius 2 is 1.75 bits per heavy atom. The Kier molecular flexibility index (Phi) is 6.77. The normalized spacial score (nSPS) is 10.5. The van der Waals surface area contributed by atoms with Crippen molar-refractivity contribution in [1.82, 2.24) is 15.5 Å². The third-order valence-corrected chi connectivity index (χ3v) is 4.80. The van der Waals surface area contributed by atoms with Gasteiger partial charge in [0.05, 0.1) is 7.11 Å². The van der Waals surface area contributed by atoms with Gasteiger partial charge in [-0.3, -0.25) is 4.79 Å². The first-order valence-electron chi connectivity index (χ1n) is 10.2. The molecule has 0 spiro atoms. The second-order valence-corrected chi connectivity index (χ2v) is 7.05. The van der Waals surface area contributed by atoms with Gasteiger partial charge in [0.25, 0.3) is 11.8 Å². The molecular formula is C25H23N3O4. The minimum absolute atomic E-state index is 0.0703. The van der Waals surface area contributed by atoms with Crippen LogP contribution < -0.4 is 14.8 Å². The van der Waals surface area contributed by atoms with E-state index < -0.39 is 0 Å². The summed E-state index contributed by atoms with van der Waals surface area (Å²) in [4.78, 5) is 16.5. The first-order chi connectivity index (χ1) is 15.7. The fraction of sp³-hybridized carbons (Fsp3) is 0.160. The van der Waals surface area contributed by atoms with Crippen molar-refractivity contribution in [3.05, 3.63) is 84.4 Å². The second kappa shape index (κ2) is 10.3. The Labute approximate surface area is 186 Å². The van der Waals surface area contributed by atoms with Gasteiger partial charge in [-0.15, -0.1) is 0 Å². The zero-order valence-electron chi connectivity index (χ0n) is 17.7. The molecule has 0 saturated heterocycles. The predicted molar refractivity (Wildman–Crippen MR) is 120 cm³/mol. The molecule has 7 nitrogen and oxygen atoms in total. The summed E-state index contributed by atoms with van der Waals surface area (Å²) in [5.74, 6) is 1.97. The molecule has 1 aromatic heterocycles. The summed E-state index contributed by atoms with van der Waals surface area (Å²) in [5, 5.41) is 6.91. The van der Waals surface area contributed by atoms with Crippen LogP contribution in [0.4, 0.5) is 0 Å². The summed E-state index contributed by atoms with van der Waals surface area (Å²) in [6.45, 7) is 0.488. The fourth-order valence-corrected chi connectivity index (χ4v) is 3.11. The van der Waals surface area contributed by atoms with Crippen molar-refractivity contribution in [3.63, 3.8) is 0 Å². The Morgan fingerprint density at radius 3 is 2.53 bits per heavy atom. The van der Waals surface area contributed by atoms with Gasteiger partial charge in [0.1, 0.15) is 11.5 Å². The van der Waals surface area contributed by atoms with Crippen molar-refractivity contribution in [3.8, 4) is 34.3 Å². The molecule has 7 heteroatoms. The van der Waals surface area contributed by atoms with Crippen LogP contribution in [0.1, 0.15) is 5.56 Å². The summed E-state index contributed by atoms with van der Waals surface area (Å²) in [5.41, 5.74) is 2.70. The van der Waals surface area contributed by atoms with E-state index in [2.05, 4.69) is 15.5 Å². The largest absolute Gasteiger partial charge is 0.497 e. The van der Waals surface area contributed by atoms with Gasteiger partial charge in [-0.2, -0.15) is 4.98 Å². The molecule has 0 atom stereocenters. The van der Waals surface area contributed by atoms with E-state index in [0.29, 0.717) is 29.6 Å². The molecule has 0 radical (unpaired) electrons. The van der Waals surface area contributed by atoms with Crippen LogP contribution in [0.3, 0.4) is 0 Å². The first-order valence-corrected chi connectivity index (χ1v) is 10.2. The number of amides is 1. The average Bonchev–Trinajstić information content (AvgIpc) is 3.34. The van der Waals surface area contributed by atoms with Crippen molar-refractivity contribution in [1.29, 1.82) is 0 Å². The number of hydrogen-bond donors (Lipinski definition) is 1. The highest BCUT2D eigenvalue weighted by atomic mass is 16.5. The smallest absolute Gasteiger partial charge is 0.258 e. The number of ether oxygens (including phenoxy) is 2. The van der Waals surface area contributed by atoms with Gasteiger partial charge in [-0.1, -0.05) is 41.6 Å². The lowest BCUT2D eigenvalue weighted by Crippen LogP contribution is -2.30. The van der Waals surface area contributed by atoms with E-state index in [0.717, 1.165) is 17.7 Å². The van der Waals surface area contributed by atoms with Crippen molar-refractivity contribution in [2.24, 2.45) is 0 Å². The first kappa shape index (κ1) is 21.1. The molecule has 1 heterocycles. The molecular weight excluding hydrogens is 406 g/mol. The fourth-order valence-electron chi connectivity index (χ4n) is 3.11. The van der Waals surface area contributed by atoms with Crippen LogP contribution >= 0.6 is 0 Å². The minimum Gasteiger partial charge on any atom is -0.497 e. The van der Waals surface area contributed by atoms with Crippen LogP contribution in [0.25, 0.3) is 22.8 Å². The number of rotatable bonds is 9. The number of carbonyl (C=O) groups excluding carboxylic acids is 1. The standard InChI is InChI=1S/C25H23N3O4/c1-30-21-12-10-19(11-13-21)24-27-25(32-28-24)20-8-5-9-22(16-20)31-17-23(29)26-15-14-18-6-3-2-4-7-18/h2-13,16H,14-15,17H2,1H3,(H,26,29). The maximum Gasteiger partial charge on any atom is 0.258 e. The lowest BCUT2D eigenvalue weighted by atomic mass is 10.1. The quantitative estimate of drug-likeness (QED) is 0.430. The monoisotopic (exact) mass is 429 g/mol. The van der Waals surface area contributed by atoms with Gasteiger partial charge in [0.2, 0.25) is 5.82 Å². The van der Waals surface area contributed by atoms with E-state index in [1.165, 1.54) is 5.56 Å². The number of carbonyl (C=O) groups is 1. The molecule has 4 aromatic rings. The van der Waals surface area contributed by atoms with Crippen molar-refractivity contribution < 1.29 is 18.8 Å². The molecule has 0 aliphatic heterocycles. The van der Waals surface area contributed by atoms with Gasteiger partial charge in [-0.25, -0.2) is 0 Å². The van der Waals surface area contributed by atoms with Crippen LogP contribution in [-0.2, 0) is 11.2 Å². The van der Waals surface area contributed by atoms with E-state index in [1.807, 2.05) is 66.7 Å². The Hall–Kier alpha value is -4.13. The van der Waals surface area contributed by atoms with Gasteiger partial charge in [0.15, 0.2) is 6.61 Å². The van der Waals surface area contributed by atoms with Crippen LogP contribution in [0.5, 0.6) is 11.5 Å². The molecule has 0 bridgehead atoms. The lowest BCUT2D eigenvalue weighted by Gasteiger charge is -2.08. The highest BCUT2D eigenvalue weighted by Crippen LogP contribution is 2.26. The summed E-state index contributed by atoms with van der Waals surface area (Å²) in [6, 6.07) is 24.6. The number of methoxy groups -OCH3 is 1. The van der Waals surface area contributed by atoms with Crippen molar-refractivity contribution in [2.75, 3.05) is 20.3 Å². The molecule has 3 aromatic carbocycles. The third kappa shape index (κ3) is 5.51. The predicted octanol–water partition coefficient (Wildman–Crippen LogP) is 4.15. The van der Waals surface area contributed by atoms with E-state index in [9.17, 15) is 4.79 Å². The van der Waals surface area contributed by atoms with Crippen molar-refractivity contribution >= 4 is 5.91 Å². The molecule has 4 rings (SSSR count). The molecule has 162 valence electrons. The topological polar surface area (TPSA) is 86.5 Å². The molecule has 1 N–H and O–H groups in total. The number of benzene rings is 3. The average molecular weight is 429 g/mol. The molecule has 0 saturated carbocycles. The van der Waals surface area contributed by atoms with Crippen LogP contribution in [0, 0.1) is 0 Å². The zero-order valence-corrected chi connectivity index (χ0v) is 17.7. The van der Waals surface area contributed by atoms with Gasteiger partial charge < -0.3 is 19.3 Å². The third-order valence-electron chi connectivity index (χ3n) is 4.80. The summed E-state index contributed by atoms with van der Waals surface area (Å²) in [6.07, 6.45) is 0.774. The molecule has 0 unspecified atom stereocenters. The van der Waals surface area contributed by atoms with Gasteiger partial charge >= 0.3 is 0 Å². The maximum absolute atomic E-state index is 12.1. The SMILES string of the molecule is COc1ccc(-c2noc(-c3cccc(OCC(=O)NCCc4ccccc4)c3)n2)cc1. The van der Waals surface area contributed by atoms with Gasteiger partial charge in [0, 0.05) is 17.7 Å². The number of nitrogens with one attached hydrogen (secondary N) is 1. The summed E-state index contributed by atoms with van der Waals surface area (Å²) in [7, 11) is 1.62. The number of hydrogen-bond acceptors (Lipinski definition) is 6. The van der Waals surface area contributed by atoms with Gasteiger partial charge in [-0.05, 0) is 54.4 Å². The van der Waals surface area contributed by atoms with E-state index >= 15 is 0 Å². The Bertz CT molecular complexity index is 1160. The van der Waals surface area contributed by atoms with Crippen LogP contribution in [0.15, 0.2) is 83.4 Å². The molecule has 0 aliphatic carbocycles. The molecule has 32 heavy (non-hydrogen) atoms. The molecule has 1 amide bonds. The van der Waals surface area contributed by atoms with E-state index in [1.54, 1.807) is 19.2 Å². The summed E-state index contributed by atoms with van der Waals surface area (Å²) >= 11 is 0. The molecule has 0 fully saturated rings. The Balaban J connectivity index is 1.32.